The molecule has 0 aliphatic heterocycles. The Morgan fingerprint density at radius 1 is 1.33 bits per heavy atom. The lowest BCUT2D eigenvalue weighted by atomic mass is 10.0. The van der Waals surface area contributed by atoms with Crippen molar-refractivity contribution in [2.75, 3.05) is 5.73 Å². The van der Waals surface area contributed by atoms with Crippen molar-refractivity contribution in [1.82, 2.24) is 5.32 Å². The summed E-state index contributed by atoms with van der Waals surface area (Å²) in [5.41, 5.74) is 6.64. The third kappa shape index (κ3) is 3.89. The maximum atomic E-state index is 12.4. The number of halogens is 1. The van der Waals surface area contributed by atoms with Gasteiger partial charge in [-0.2, -0.15) is 0 Å². The van der Waals surface area contributed by atoms with Crippen LogP contribution in [-0.4, -0.2) is 11.9 Å². The van der Waals surface area contributed by atoms with Gasteiger partial charge >= 0.3 is 0 Å². The molecule has 0 saturated carbocycles. The van der Waals surface area contributed by atoms with Gasteiger partial charge in [0, 0.05) is 21.2 Å². The Kier molecular flexibility index (Phi) is 5.12. The number of anilines is 1. The van der Waals surface area contributed by atoms with Crippen molar-refractivity contribution >= 4 is 44.6 Å². The number of amides is 1. The van der Waals surface area contributed by atoms with Gasteiger partial charge in [0.15, 0.2) is 0 Å². The number of hydrogen-bond acceptors (Lipinski definition) is 3. The molecule has 2 aromatic rings. The minimum atomic E-state index is -0.0962. The lowest BCUT2D eigenvalue weighted by Crippen LogP contribution is -2.32. The zero-order valence-electron chi connectivity index (χ0n) is 12.6. The molecule has 114 valence electrons. The predicted molar refractivity (Wildman–Crippen MR) is 92.2 cm³/mol. The summed E-state index contributed by atoms with van der Waals surface area (Å²) in [5.74, 6) is 0.543. The number of hydrogen-bond donors (Lipinski definition) is 2. The highest BCUT2D eigenvalue weighted by Crippen LogP contribution is 2.35. The molecule has 0 fully saturated rings. The molecule has 1 aromatic heterocycles. The molecule has 1 atom stereocenters. The second-order valence-electron chi connectivity index (χ2n) is 5.83. The fourth-order valence-electron chi connectivity index (χ4n) is 2.20. The standard InChI is InChI=1S/C16H21ClN2OS/c1-9(2)4-5-10(3)19-16(20)15-14(18)12-7-6-11(17)8-13(12)21-15/h6-10H,4-5,18H2,1-3H3,(H,19,20). The summed E-state index contributed by atoms with van der Waals surface area (Å²) in [6.45, 7) is 6.39. The van der Waals surface area contributed by atoms with E-state index < -0.39 is 0 Å². The number of nitrogens with two attached hydrogens (primary N) is 1. The second kappa shape index (κ2) is 6.67. The van der Waals surface area contributed by atoms with Crippen LogP contribution < -0.4 is 11.1 Å². The number of benzene rings is 1. The number of carbonyl (C=O) groups is 1. The van der Waals surface area contributed by atoms with Crippen LogP contribution >= 0.6 is 22.9 Å². The van der Waals surface area contributed by atoms with E-state index in [9.17, 15) is 4.79 Å². The first-order valence-electron chi connectivity index (χ1n) is 7.17. The molecular formula is C16H21ClN2OS. The lowest BCUT2D eigenvalue weighted by molar-refractivity contribution is 0.0942. The number of thiophene rings is 1. The molecule has 1 unspecified atom stereocenters. The SMILES string of the molecule is CC(C)CCC(C)NC(=O)c1sc2cc(Cl)ccc2c1N. The molecule has 21 heavy (non-hydrogen) atoms. The van der Waals surface area contributed by atoms with Crippen LogP contribution in [0.1, 0.15) is 43.3 Å². The number of rotatable bonds is 5. The van der Waals surface area contributed by atoms with E-state index in [1.165, 1.54) is 11.3 Å². The van der Waals surface area contributed by atoms with E-state index in [1.807, 2.05) is 19.1 Å². The Morgan fingerprint density at radius 3 is 2.71 bits per heavy atom. The summed E-state index contributed by atoms with van der Waals surface area (Å²) < 4.78 is 0.944. The third-order valence-corrected chi connectivity index (χ3v) is 4.85. The number of nitrogen functional groups attached to an aromatic ring is 1. The molecule has 0 spiro atoms. The smallest absolute Gasteiger partial charge is 0.263 e. The Hall–Kier alpha value is -1.26. The second-order valence-corrected chi connectivity index (χ2v) is 7.32. The molecule has 1 heterocycles. The Bertz CT molecular complexity index is 651. The molecule has 0 bridgehead atoms. The van der Waals surface area contributed by atoms with Crippen molar-refractivity contribution < 1.29 is 4.79 Å². The van der Waals surface area contributed by atoms with E-state index in [0.29, 0.717) is 21.5 Å². The van der Waals surface area contributed by atoms with Crippen LogP contribution in [0, 0.1) is 5.92 Å². The van der Waals surface area contributed by atoms with Crippen LogP contribution in [-0.2, 0) is 0 Å². The zero-order chi connectivity index (χ0) is 15.6. The first-order chi connectivity index (χ1) is 9.88. The van der Waals surface area contributed by atoms with Crippen molar-refractivity contribution in [2.45, 2.75) is 39.7 Å². The van der Waals surface area contributed by atoms with Crippen LogP contribution in [0.3, 0.4) is 0 Å². The van der Waals surface area contributed by atoms with Gasteiger partial charge in [0.05, 0.1) is 5.69 Å². The minimum absolute atomic E-state index is 0.0962. The molecule has 0 radical (unpaired) electrons. The fraction of sp³-hybridized carbons (Fsp3) is 0.438. The van der Waals surface area contributed by atoms with Gasteiger partial charge in [-0.3, -0.25) is 4.79 Å². The normalized spacial score (nSPS) is 12.8. The van der Waals surface area contributed by atoms with E-state index in [2.05, 4.69) is 19.2 Å². The molecule has 0 aliphatic carbocycles. The maximum absolute atomic E-state index is 12.4. The molecule has 2 rings (SSSR count). The summed E-state index contributed by atoms with van der Waals surface area (Å²) in [4.78, 5) is 12.9. The molecular weight excluding hydrogens is 304 g/mol. The molecule has 0 aliphatic rings. The van der Waals surface area contributed by atoms with E-state index in [-0.39, 0.29) is 11.9 Å². The van der Waals surface area contributed by atoms with Gasteiger partial charge in [-0.15, -0.1) is 11.3 Å². The average molecular weight is 325 g/mol. The largest absolute Gasteiger partial charge is 0.397 e. The van der Waals surface area contributed by atoms with E-state index >= 15 is 0 Å². The van der Waals surface area contributed by atoms with E-state index in [1.54, 1.807) is 6.07 Å². The first kappa shape index (κ1) is 16.1. The topological polar surface area (TPSA) is 55.1 Å². The van der Waals surface area contributed by atoms with Crippen LogP contribution in [0.5, 0.6) is 0 Å². The van der Waals surface area contributed by atoms with Crippen LogP contribution in [0.2, 0.25) is 5.02 Å². The molecule has 3 N–H and O–H groups in total. The van der Waals surface area contributed by atoms with Gasteiger partial charge in [-0.25, -0.2) is 0 Å². The monoisotopic (exact) mass is 324 g/mol. The van der Waals surface area contributed by atoms with Crippen molar-refractivity contribution in [1.29, 1.82) is 0 Å². The number of carbonyl (C=O) groups excluding carboxylic acids is 1. The van der Waals surface area contributed by atoms with Gasteiger partial charge in [-0.1, -0.05) is 25.4 Å². The molecule has 0 saturated heterocycles. The van der Waals surface area contributed by atoms with Crippen molar-refractivity contribution in [3.05, 3.63) is 28.1 Å². The van der Waals surface area contributed by atoms with Gasteiger partial charge < -0.3 is 11.1 Å². The van der Waals surface area contributed by atoms with Gasteiger partial charge in [-0.05, 0) is 43.9 Å². The first-order valence-corrected chi connectivity index (χ1v) is 8.36. The van der Waals surface area contributed by atoms with E-state index in [0.717, 1.165) is 22.9 Å². The molecule has 5 heteroatoms. The third-order valence-electron chi connectivity index (χ3n) is 3.45. The van der Waals surface area contributed by atoms with Gasteiger partial charge in [0.2, 0.25) is 0 Å². The van der Waals surface area contributed by atoms with Crippen molar-refractivity contribution in [3.8, 4) is 0 Å². The summed E-state index contributed by atoms with van der Waals surface area (Å²) >= 11 is 7.37. The zero-order valence-corrected chi connectivity index (χ0v) is 14.1. The summed E-state index contributed by atoms with van der Waals surface area (Å²) in [6.07, 6.45) is 2.07. The summed E-state index contributed by atoms with van der Waals surface area (Å²) in [5, 5.41) is 4.57. The Balaban J connectivity index is 2.14. The fourth-order valence-corrected chi connectivity index (χ4v) is 3.51. The van der Waals surface area contributed by atoms with Crippen LogP contribution in [0.4, 0.5) is 5.69 Å². The molecule has 1 amide bonds. The highest BCUT2D eigenvalue weighted by Gasteiger charge is 2.18. The van der Waals surface area contributed by atoms with Gasteiger partial charge in [0.1, 0.15) is 4.88 Å². The highest BCUT2D eigenvalue weighted by molar-refractivity contribution is 7.21. The summed E-state index contributed by atoms with van der Waals surface area (Å²) in [7, 11) is 0. The minimum Gasteiger partial charge on any atom is -0.397 e. The number of fused-ring (bicyclic) bond motifs is 1. The Morgan fingerprint density at radius 2 is 2.05 bits per heavy atom. The van der Waals surface area contributed by atoms with Crippen LogP contribution in [0.15, 0.2) is 18.2 Å². The Labute approximate surface area is 134 Å². The lowest BCUT2D eigenvalue weighted by Gasteiger charge is -2.14. The van der Waals surface area contributed by atoms with Crippen molar-refractivity contribution in [2.24, 2.45) is 5.92 Å². The quantitative estimate of drug-likeness (QED) is 0.838. The predicted octanol–water partition coefficient (Wildman–Crippen LogP) is 4.69. The van der Waals surface area contributed by atoms with E-state index in [4.69, 9.17) is 17.3 Å². The summed E-state index contributed by atoms with van der Waals surface area (Å²) in [6, 6.07) is 5.65. The highest BCUT2D eigenvalue weighted by atomic mass is 35.5. The van der Waals surface area contributed by atoms with Crippen LogP contribution in [0.25, 0.3) is 10.1 Å². The molecule has 1 aromatic carbocycles. The molecule has 3 nitrogen and oxygen atoms in total. The number of nitrogens with one attached hydrogen (secondary N) is 1. The van der Waals surface area contributed by atoms with Crippen molar-refractivity contribution in [3.63, 3.8) is 0 Å². The average Bonchev–Trinajstić information content (AvgIpc) is 2.73. The van der Waals surface area contributed by atoms with Gasteiger partial charge in [0.25, 0.3) is 5.91 Å². The maximum Gasteiger partial charge on any atom is 0.263 e.